The summed E-state index contributed by atoms with van der Waals surface area (Å²) in [5.74, 6) is 3.75. The highest BCUT2D eigenvalue weighted by molar-refractivity contribution is 5.69. The molecule has 0 aromatic heterocycles. The number of rotatable bonds is 7. The van der Waals surface area contributed by atoms with Crippen molar-refractivity contribution >= 4 is 5.97 Å². The van der Waals surface area contributed by atoms with Gasteiger partial charge in [-0.25, -0.2) is 0 Å². The maximum Gasteiger partial charge on any atom is 0.305 e. The molecule has 4 unspecified atom stereocenters. The summed E-state index contributed by atoms with van der Waals surface area (Å²) in [7, 11) is 1.49. The van der Waals surface area contributed by atoms with Gasteiger partial charge in [-0.15, -0.1) is 0 Å². The molecule has 4 rings (SSSR count). The lowest BCUT2D eigenvalue weighted by Gasteiger charge is -2.62. The number of carbonyl (C=O) groups excluding carboxylic acids is 1. The number of esters is 1. The monoisotopic (exact) mass is 448 g/mol. The number of methoxy groups -OCH3 is 1. The van der Waals surface area contributed by atoms with Crippen LogP contribution in [0.15, 0.2) is 0 Å². The van der Waals surface area contributed by atoms with Crippen molar-refractivity contribution < 1.29 is 14.6 Å². The van der Waals surface area contributed by atoms with Gasteiger partial charge in [0.15, 0.2) is 0 Å². The van der Waals surface area contributed by atoms with Crippen LogP contribution in [-0.2, 0) is 9.53 Å². The topological polar surface area (TPSA) is 84.6 Å². The average molecular weight is 449 g/mol. The molecule has 4 saturated carbocycles. The SMILES string of the molecule is COC(=O)CCC(C)[C@H]1CCC2C3C[C@@H](O)[C@H]4C[C@@H](NCCN)CC[C@]4(C)C3CC[C@@]21C. The van der Waals surface area contributed by atoms with Crippen molar-refractivity contribution in [2.45, 2.75) is 97.1 Å². The summed E-state index contributed by atoms with van der Waals surface area (Å²) in [5.41, 5.74) is 6.36. The third-order valence-electron chi connectivity index (χ3n) is 11.0. The summed E-state index contributed by atoms with van der Waals surface area (Å²) in [4.78, 5) is 11.7. The van der Waals surface area contributed by atoms with E-state index in [0.29, 0.717) is 48.1 Å². The van der Waals surface area contributed by atoms with E-state index in [1.807, 2.05) is 0 Å². The van der Waals surface area contributed by atoms with Crippen LogP contribution in [0.4, 0.5) is 0 Å². The van der Waals surface area contributed by atoms with Crippen molar-refractivity contribution in [2.24, 2.45) is 52.1 Å². The van der Waals surface area contributed by atoms with Gasteiger partial charge in [0.1, 0.15) is 0 Å². The summed E-state index contributed by atoms with van der Waals surface area (Å²) in [6, 6.07) is 0.517. The van der Waals surface area contributed by atoms with Gasteiger partial charge in [0.05, 0.1) is 13.2 Å². The van der Waals surface area contributed by atoms with Gasteiger partial charge in [-0.3, -0.25) is 4.79 Å². The number of ether oxygens (including phenoxy) is 1. The van der Waals surface area contributed by atoms with E-state index in [1.54, 1.807) is 0 Å². The second-order valence-corrected chi connectivity index (χ2v) is 12.3. The second-order valence-electron chi connectivity index (χ2n) is 12.3. The molecule has 4 fully saturated rings. The van der Waals surface area contributed by atoms with E-state index in [9.17, 15) is 9.90 Å². The number of hydrogen-bond donors (Lipinski definition) is 3. The lowest BCUT2D eigenvalue weighted by molar-refractivity contribution is -0.162. The minimum Gasteiger partial charge on any atom is -0.469 e. The Balaban J connectivity index is 1.47. The zero-order valence-electron chi connectivity index (χ0n) is 20.9. The fourth-order valence-electron chi connectivity index (χ4n) is 9.40. The molecular formula is C27H48N2O3. The molecule has 0 amide bonds. The van der Waals surface area contributed by atoms with Gasteiger partial charge in [0.2, 0.25) is 0 Å². The Bertz CT molecular complexity index is 671. The molecule has 4 N–H and O–H groups in total. The average Bonchev–Trinajstić information content (AvgIpc) is 3.13. The Labute approximate surface area is 195 Å². The van der Waals surface area contributed by atoms with Gasteiger partial charge in [0.25, 0.3) is 0 Å². The first-order chi connectivity index (χ1) is 15.2. The highest BCUT2D eigenvalue weighted by Crippen LogP contribution is 2.68. The van der Waals surface area contributed by atoms with Crippen molar-refractivity contribution in [1.29, 1.82) is 0 Å². The van der Waals surface area contributed by atoms with E-state index < -0.39 is 0 Å². The third kappa shape index (κ3) is 4.15. The number of aliphatic hydroxyl groups is 1. The zero-order chi connectivity index (χ0) is 23.1. The predicted octanol–water partition coefficient (Wildman–Crippen LogP) is 4.12. The van der Waals surface area contributed by atoms with Gasteiger partial charge < -0.3 is 20.9 Å². The molecule has 0 aromatic carbocycles. The van der Waals surface area contributed by atoms with Crippen LogP contribution in [0.1, 0.15) is 85.0 Å². The molecule has 4 aliphatic carbocycles. The first-order valence-electron chi connectivity index (χ1n) is 13.4. The Morgan fingerprint density at radius 1 is 1.09 bits per heavy atom. The van der Waals surface area contributed by atoms with E-state index in [2.05, 4.69) is 26.1 Å². The normalized spacial score (nSPS) is 46.6. The van der Waals surface area contributed by atoms with Crippen LogP contribution in [0.25, 0.3) is 0 Å². The van der Waals surface area contributed by atoms with Gasteiger partial charge in [0, 0.05) is 25.6 Å². The molecule has 0 aromatic rings. The summed E-state index contributed by atoms with van der Waals surface area (Å²) in [6.45, 7) is 8.99. The summed E-state index contributed by atoms with van der Waals surface area (Å²) in [6.07, 6.45) is 11.1. The predicted molar refractivity (Wildman–Crippen MR) is 128 cm³/mol. The number of fused-ring (bicyclic) bond motifs is 5. The van der Waals surface area contributed by atoms with Crippen LogP contribution in [0.3, 0.4) is 0 Å². The first-order valence-corrected chi connectivity index (χ1v) is 13.4. The molecule has 0 radical (unpaired) electrons. The van der Waals surface area contributed by atoms with Gasteiger partial charge in [-0.1, -0.05) is 20.8 Å². The van der Waals surface area contributed by atoms with Crippen LogP contribution in [-0.4, -0.2) is 43.4 Å². The fourth-order valence-corrected chi connectivity index (χ4v) is 9.40. The minimum atomic E-state index is -0.165. The van der Waals surface area contributed by atoms with Crippen LogP contribution in [0.2, 0.25) is 0 Å². The van der Waals surface area contributed by atoms with Crippen molar-refractivity contribution in [2.75, 3.05) is 20.2 Å². The summed E-state index contributed by atoms with van der Waals surface area (Å²) >= 11 is 0. The van der Waals surface area contributed by atoms with E-state index in [1.165, 1.54) is 45.6 Å². The highest BCUT2D eigenvalue weighted by Gasteiger charge is 2.62. The van der Waals surface area contributed by atoms with E-state index in [0.717, 1.165) is 37.6 Å². The van der Waals surface area contributed by atoms with Crippen molar-refractivity contribution in [3.63, 3.8) is 0 Å². The Kier molecular flexibility index (Phi) is 7.30. The van der Waals surface area contributed by atoms with E-state index in [-0.39, 0.29) is 17.5 Å². The van der Waals surface area contributed by atoms with Gasteiger partial charge in [-0.2, -0.15) is 0 Å². The molecule has 5 heteroatoms. The van der Waals surface area contributed by atoms with Gasteiger partial charge in [-0.05, 0) is 104 Å². The smallest absolute Gasteiger partial charge is 0.305 e. The lowest BCUT2D eigenvalue weighted by atomic mass is 9.43. The quantitative estimate of drug-likeness (QED) is 0.510. The maximum absolute atomic E-state index is 11.7. The Morgan fingerprint density at radius 3 is 2.53 bits per heavy atom. The van der Waals surface area contributed by atoms with E-state index in [4.69, 9.17) is 10.5 Å². The molecule has 32 heavy (non-hydrogen) atoms. The highest BCUT2D eigenvalue weighted by atomic mass is 16.5. The van der Waals surface area contributed by atoms with Crippen LogP contribution < -0.4 is 11.1 Å². The molecule has 184 valence electrons. The van der Waals surface area contributed by atoms with Crippen molar-refractivity contribution in [1.82, 2.24) is 5.32 Å². The van der Waals surface area contributed by atoms with Crippen LogP contribution in [0, 0.1) is 46.3 Å². The van der Waals surface area contributed by atoms with E-state index >= 15 is 0 Å². The minimum absolute atomic E-state index is 0.0776. The number of carbonyl (C=O) groups is 1. The lowest BCUT2D eigenvalue weighted by Crippen LogP contribution is -2.59. The Morgan fingerprint density at radius 2 is 1.81 bits per heavy atom. The largest absolute Gasteiger partial charge is 0.469 e. The molecule has 0 aliphatic heterocycles. The molecule has 10 atom stereocenters. The summed E-state index contributed by atoms with van der Waals surface area (Å²) < 4.78 is 4.89. The van der Waals surface area contributed by atoms with Crippen LogP contribution >= 0.6 is 0 Å². The maximum atomic E-state index is 11.7. The fraction of sp³-hybridized carbons (Fsp3) is 0.963. The molecule has 0 saturated heterocycles. The zero-order valence-corrected chi connectivity index (χ0v) is 20.9. The first kappa shape index (κ1) is 24.5. The number of nitrogens with two attached hydrogens (primary N) is 1. The van der Waals surface area contributed by atoms with Crippen LogP contribution in [0.5, 0.6) is 0 Å². The Hall–Kier alpha value is -0.650. The molecule has 5 nitrogen and oxygen atoms in total. The molecule has 0 bridgehead atoms. The molecule has 0 spiro atoms. The summed E-state index contributed by atoms with van der Waals surface area (Å²) in [5, 5.41) is 15.0. The number of aliphatic hydroxyl groups excluding tert-OH is 1. The standard InChI is InChI=1S/C27H48N2O3/c1-17(5-8-25(31)32-4)20-6-7-21-19-16-24(30)23-15-18(29-14-13-28)9-11-27(23,3)22(19)10-12-26(20,21)2/h17-24,29-30H,5-16,28H2,1-4H3/t17?,18-,19?,20+,21?,22?,23+,24+,26+,27+/m0/s1. The van der Waals surface area contributed by atoms with Crippen molar-refractivity contribution in [3.8, 4) is 0 Å². The molecule has 0 heterocycles. The van der Waals surface area contributed by atoms with Gasteiger partial charge >= 0.3 is 5.97 Å². The number of nitrogens with one attached hydrogen (secondary N) is 1. The second kappa shape index (κ2) is 9.54. The molecular weight excluding hydrogens is 400 g/mol. The third-order valence-corrected chi connectivity index (χ3v) is 11.0. The molecule has 4 aliphatic rings. The van der Waals surface area contributed by atoms with Crippen molar-refractivity contribution in [3.05, 3.63) is 0 Å². The number of hydrogen-bond acceptors (Lipinski definition) is 5.